The number of hydrogen-bond donors (Lipinski definition) is 1. The van der Waals surface area contributed by atoms with Gasteiger partial charge in [-0.3, -0.25) is 4.40 Å². The Morgan fingerprint density at radius 2 is 2.05 bits per heavy atom. The van der Waals surface area contributed by atoms with Gasteiger partial charge in [0, 0.05) is 24.3 Å². The summed E-state index contributed by atoms with van der Waals surface area (Å²) >= 11 is 6.09. The maximum Gasteiger partial charge on any atom is 0.203 e. The van der Waals surface area contributed by atoms with Crippen LogP contribution < -0.4 is 5.32 Å². The van der Waals surface area contributed by atoms with E-state index in [1.807, 2.05) is 35.7 Å². The minimum absolute atomic E-state index is 0.0878. The summed E-state index contributed by atoms with van der Waals surface area (Å²) in [5, 5.41) is 11.6. The second kappa shape index (κ2) is 6.10. The monoisotopic (exact) mass is 301 g/mol. The topological polar surface area (TPSA) is 55.1 Å². The number of aromatic nitrogens is 4. The molecule has 6 heteroatoms. The average molecular weight is 302 g/mol. The molecule has 21 heavy (non-hydrogen) atoms. The summed E-state index contributed by atoms with van der Waals surface area (Å²) in [6.45, 7) is 1.91. The first-order valence-electron chi connectivity index (χ1n) is 6.80. The highest BCUT2D eigenvalue weighted by atomic mass is 35.5. The highest BCUT2D eigenvalue weighted by Gasteiger charge is 2.13. The van der Waals surface area contributed by atoms with Crippen molar-refractivity contribution < 1.29 is 0 Å². The second-order valence-electron chi connectivity index (χ2n) is 4.90. The van der Waals surface area contributed by atoms with E-state index in [1.165, 1.54) is 5.56 Å². The molecule has 0 fully saturated rings. The van der Waals surface area contributed by atoms with Crippen LogP contribution in [0.25, 0.3) is 5.65 Å². The normalized spacial score (nSPS) is 12.5. The molecule has 1 aromatic carbocycles. The summed E-state index contributed by atoms with van der Waals surface area (Å²) in [4.78, 5) is 4.36. The van der Waals surface area contributed by atoms with Crippen LogP contribution in [-0.2, 0) is 6.42 Å². The van der Waals surface area contributed by atoms with Crippen molar-refractivity contribution in [2.24, 2.45) is 0 Å². The van der Waals surface area contributed by atoms with Crippen LogP contribution in [0.5, 0.6) is 0 Å². The molecule has 0 saturated carbocycles. The molecule has 1 unspecified atom stereocenters. The molecule has 0 amide bonds. The van der Waals surface area contributed by atoms with Crippen LogP contribution in [0.3, 0.4) is 0 Å². The van der Waals surface area contributed by atoms with Crippen LogP contribution in [0.1, 0.15) is 11.4 Å². The van der Waals surface area contributed by atoms with E-state index >= 15 is 0 Å². The first-order chi connectivity index (χ1) is 10.3. The van der Waals surface area contributed by atoms with Gasteiger partial charge in [0.2, 0.25) is 5.65 Å². The van der Waals surface area contributed by atoms with Gasteiger partial charge in [0.05, 0.1) is 0 Å². The number of nitrogens with one attached hydrogen (secondary N) is 1. The molecule has 0 bridgehead atoms. The molecular formula is C15H16ClN5. The zero-order valence-corrected chi connectivity index (χ0v) is 12.5. The summed E-state index contributed by atoms with van der Waals surface area (Å²) < 4.78 is 1.91. The van der Waals surface area contributed by atoms with Crippen molar-refractivity contribution in [3.8, 4) is 0 Å². The van der Waals surface area contributed by atoms with Gasteiger partial charge in [-0.15, -0.1) is 21.8 Å². The molecular weight excluding hydrogens is 286 g/mol. The number of hydrogen-bond acceptors (Lipinski definition) is 4. The number of anilines is 1. The highest BCUT2D eigenvalue weighted by molar-refractivity contribution is 6.18. The van der Waals surface area contributed by atoms with Gasteiger partial charge in [0.1, 0.15) is 5.82 Å². The van der Waals surface area contributed by atoms with Crippen LogP contribution in [0.4, 0.5) is 5.82 Å². The number of fused-ring (bicyclic) bond motifs is 1. The Kier molecular flexibility index (Phi) is 4.01. The van der Waals surface area contributed by atoms with Gasteiger partial charge in [0.15, 0.2) is 5.82 Å². The molecule has 2 aromatic heterocycles. The van der Waals surface area contributed by atoms with Crippen molar-refractivity contribution in [2.45, 2.75) is 19.4 Å². The van der Waals surface area contributed by atoms with Gasteiger partial charge in [-0.25, -0.2) is 4.98 Å². The van der Waals surface area contributed by atoms with E-state index < -0.39 is 0 Å². The fourth-order valence-electron chi connectivity index (χ4n) is 2.28. The first kappa shape index (κ1) is 13.8. The summed E-state index contributed by atoms with van der Waals surface area (Å²) in [6, 6.07) is 10.3. The summed E-state index contributed by atoms with van der Waals surface area (Å²) in [7, 11) is 0. The van der Waals surface area contributed by atoms with Gasteiger partial charge in [0.25, 0.3) is 0 Å². The predicted molar refractivity (Wildman–Crippen MR) is 83.8 cm³/mol. The quantitative estimate of drug-likeness (QED) is 0.736. The third-order valence-electron chi connectivity index (χ3n) is 3.35. The van der Waals surface area contributed by atoms with Crippen LogP contribution in [0.15, 0.2) is 42.7 Å². The van der Waals surface area contributed by atoms with Crippen LogP contribution >= 0.6 is 11.6 Å². The van der Waals surface area contributed by atoms with E-state index in [2.05, 4.69) is 32.6 Å². The van der Waals surface area contributed by atoms with E-state index in [0.29, 0.717) is 11.7 Å². The second-order valence-corrected chi connectivity index (χ2v) is 5.21. The average Bonchev–Trinajstić information content (AvgIpc) is 2.90. The van der Waals surface area contributed by atoms with E-state index in [-0.39, 0.29) is 6.04 Å². The van der Waals surface area contributed by atoms with Gasteiger partial charge < -0.3 is 5.32 Å². The van der Waals surface area contributed by atoms with Crippen molar-refractivity contribution in [1.29, 1.82) is 0 Å². The summed E-state index contributed by atoms with van der Waals surface area (Å²) in [5.41, 5.74) is 1.96. The van der Waals surface area contributed by atoms with Crippen molar-refractivity contribution in [2.75, 3.05) is 11.2 Å². The van der Waals surface area contributed by atoms with Crippen LogP contribution in [0.2, 0.25) is 0 Å². The number of benzene rings is 1. The van der Waals surface area contributed by atoms with Gasteiger partial charge in [-0.1, -0.05) is 30.3 Å². The number of halogens is 1. The molecule has 0 aliphatic rings. The van der Waals surface area contributed by atoms with Crippen molar-refractivity contribution in [1.82, 2.24) is 19.6 Å². The number of nitrogens with zero attached hydrogens (tertiary/aromatic N) is 4. The summed E-state index contributed by atoms with van der Waals surface area (Å²) in [6.07, 6.45) is 4.42. The van der Waals surface area contributed by atoms with Crippen LogP contribution in [-0.4, -0.2) is 31.5 Å². The lowest BCUT2D eigenvalue weighted by Crippen LogP contribution is -2.25. The Bertz CT molecular complexity index is 725. The molecule has 0 aliphatic heterocycles. The Balaban J connectivity index is 1.82. The van der Waals surface area contributed by atoms with Crippen molar-refractivity contribution in [3.63, 3.8) is 0 Å². The maximum atomic E-state index is 6.09. The van der Waals surface area contributed by atoms with Crippen LogP contribution in [0, 0.1) is 6.92 Å². The lowest BCUT2D eigenvalue weighted by molar-refractivity contribution is 0.790. The highest BCUT2D eigenvalue weighted by Crippen LogP contribution is 2.15. The largest absolute Gasteiger partial charge is 0.363 e. The first-order valence-corrected chi connectivity index (χ1v) is 7.34. The lowest BCUT2D eigenvalue weighted by Gasteiger charge is -2.17. The molecule has 0 spiro atoms. The van der Waals surface area contributed by atoms with Gasteiger partial charge in [-0.05, 0) is 18.9 Å². The SMILES string of the molecule is Cc1nnc2c(NC(CCl)Cc3ccccc3)nccn12. The van der Waals surface area contributed by atoms with Gasteiger partial charge >= 0.3 is 0 Å². The molecule has 0 saturated heterocycles. The zero-order chi connectivity index (χ0) is 14.7. The predicted octanol–water partition coefficient (Wildman–Crippen LogP) is 2.69. The van der Waals surface area contributed by atoms with E-state index in [0.717, 1.165) is 17.9 Å². The number of aryl methyl sites for hydroxylation is 1. The molecule has 0 radical (unpaired) electrons. The Labute approximate surface area is 128 Å². The molecule has 1 N–H and O–H groups in total. The smallest absolute Gasteiger partial charge is 0.203 e. The van der Waals surface area contributed by atoms with Gasteiger partial charge in [-0.2, -0.15) is 0 Å². The summed E-state index contributed by atoms with van der Waals surface area (Å²) in [5.74, 6) is 2.03. The molecule has 0 aliphatic carbocycles. The molecule has 3 aromatic rings. The van der Waals surface area contributed by atoms with Crippen molar-refractivity contribution in [3.05, 3.63) is 54.1 Å². The van der Waals surface area contributed by atoms with E-state index in [4.69, 9.17) is 11.6 Å². The maximum absolute atomic E-state index is 6.09. The Morgan fingerprint density at radius 1 is 1.24 bits per heavy atom. The molecule has 5 nitrogen and oxygen atoms in total. The molecule has 108 valence electrons. The standard InChI is InChI=1S/C15H16ClN5/c1-11-19-20-15-14(17-7-8-21(11)15)18-13(10-16)9-12-5-3-2-4-6-12/h2-8,13H,9-10H2,1H3,(H,17,18). The molecule has 1 atom stereocenters. The fourth-order valence-corrected chi connectivity index (χ4v) is 2.47. The fraction of sp³-hybridized carbons (Fsp3) is 0.267. The van der Waals surface area contributed by atoms with E-state index in [1.54, 1.807) is 6.20 Å². The van der Waals surface area contributed by atoms with Crippen molar-refractivity contribution >= 4 is 23.1 Å². The molecule has 3 rings (SSSR count). The minimum Gasteiger partial charge on any atom is -0.363 e. The lowest BCUT2D eigenvalue weighted by atomic mass is 10.1. The number of alkyl halides is 1. The third kappa shape index (κ3) is 2.97. The third-order valence-corrected chi connectivity index (χ3v) is 3.72. The Hall–Kier alpha value is -2.14. The Morgan fingerprint density at radius 3 is 2.81 bits per heavy atom. The zero-order valence-electron chi connectivity index (χ0n) is 11.7. The number of rotatable bonds is 5. The minimum atomic E-state index is 0.0878. The van der Waals surface area contributed by atoms with E-state index in [9.17, 15) is 0 Å². The molecule has 2 heterocycles.